The summed E-state index contributed by atoms with van der Waals surface area (Å²) in [7, 11) is 1.51. The molecule has 1 aromatic rings. The van der Waals surface area contributed by atoms with Crippen molar-refractivity contribution in [2.75, 3.05) is 7.11 Å². The van der Waals surface area contributed by atoms with E-state index in [-0.39, 0.29) is 22.6 Å². The summed E-state index contributed by atoms with van der Waals surface area (Å²) in [6.07, 6.45) is -0.354. The van der Waals surface area contributed by atoms with Crippen molar-refractivity contribution in [2.24, 2.45) is 5.41 Å². The van der Waals surface area contributed by atoms with E-state index in [0.717, 1.165) is 0 Å². The van der Waals surface area contributed by atoms with Crippen LogP contribution in [-0.2, 0) is 16.0 Å². The summed E-state index contributed by atoms with van der Waals surface area (Å²) >= 11 is 5.90. The molecule has 0 N–H and O–H groups in total. The number of methoxy groups -OCH3 is 1. The van der Waals surface area contributed by atoms with Gasteiger partial charge in [-0.15, -0.1) is 0 Å². The molecule has 4 heteroatoms. The molecule has 0 heterocycles. The lowest BCUT2D eigenvalue weighted by Crippen LogP contribution is -2.37. The maximum atomic E-state index is 12.9. The number of halogens is 2. The van der Waals surface area contributed by atoms with Crippen molar-refractivity contribution in [2.45, 2.75) is 33.3 Å². The first-order valence-electron chi connectivity index (χ1n) is 5.75. The van der Waals surface area contributed by atoms with Crippen LogP contribution in [0.5, 0.6) is 0 Å². The van der Waals surface area contributed by atoms with Gasteiger partial charge in [0.25, 0.3) is 0 Å². The van der Waals surface area contributed by atoms with Crippen LogP contribution in [0.2, 0.25) is 5.02 Å². The number of ketones is 1. The molecule has 0 aliphatic heterocycles. The van der Waals surface area contributed by atoms with E-state index in [0.29, 0.717) is 5.56 Å². The van der Waals surface area contributed by atoms with Gasteiger partial charge in [0.2, 0.25) is 0 Å². The lowest BCUT2D eigenvalue weighted by atomic mass is 9.84. The molecule has 0 aromatic heterocycles. The van der Waals surface area contributed by atoms with Crippen LogP contribution < -0.4 is 0 Å². The van der Waals surface area contributed by atoms with Gasteiger partial charge in [0.05, 0.1) is 0 Å². The van der Waals surface area contributed by atoms with E-state index in [9.17, 15) is 9.18 Å². The Labute approximate surface area is 112 Å². The van der Waals surface area contributed by atoms with E-state index < -0.39 is 11.9 Å². The smallest absolute Gasteiger partial charge is 0.166 e. The van der Waals surface area contributed by atoms with Gasteiger partial charge < -0.3 is 4.74 Å². The number of hydrogen-bond donors (Lipinski definition) is 0. The zero-order valence-electron chi connectivity index (χ0n) is 11.1. The second-order valence-corrected chi connectivity index (χ2v) is 5.77. The van der Waals surface area contributed by atoms with Crippen LogP contribution in [0.15, 0.2) is 18.2 Å². The standard InChI is InChI=1S/C14H18ClFO2/c1-14(2,3)13(18-4)12(17)7-9-5-6-10(16)8-11(9)15/h5-6,8,13H,7H2,1-4H3. The Morgan fingerprint density at radius 1 is 1.44 bits per heavy atom. The molecule has 0 saturated carbocycles. The molecular formula is C14H18ClFO2. The zero-order valence-corrected chi connectivity index (χ0v) is 11.8. The van der Waals surface area contributed by atoms with Crippen molar-refractivity contribution in [3.8, 4) is 0 Å². The third-order valence-corrected chi connectivity index (χ3v) is 3.05. The van der Waals surface area contributed by atoms with Gasteiger partial charge >= 0.3 is 0 Å². The highest BCUT2D eigenvalue weighted by atomic mass is 35.5. The van der Waals surface area contributed by atoms with E-state index >= 15 is 0 Å². The Bertz CT molecular complexity index is 438. The van der Waals surface area contributed by atoms with Gasteiger partial charge in [-0.2, -0.15) is 0 Å². The maximum Gasteiger partial charge on any atom is 0.166 e. The lowest BCUT2D eigenvalue weighted by molar-refractivity contribution is -0.134. The Balaban J connectivity index is 2.87. The van der Waals surface area contributed by atoms with Crippen molar-refractivity contribution in [3.05, 3.63) is 34.6 Å². The van der Waals surface area contributed by atoms with Crippen molar-refractivity contribution in [1.29, 1.82) is 0 Å². The third-order valence-electron chi connectivity index (χ3n) is 2.69. The highest BCUT2D eigenvalue weighted by molar-refractivity contribution is 6.31. The van der Waals surface area contributed by atoms with Crippen LogP contribution in [0.1, 0.15) is 26.3 Å². The van der Waals surface area contributed by atoms with Gasteiger partial charge in [-0.05, 0) is 23.1 Å². The predicted molar refractivity (Wildman–Crippen MR) is 70.4 cm³/mol. The highest BCUT2D eigenvalue weighted by Gasteiger charge is 2.31. The largest absolute Gasteiger partial charge is 0.373 e. The van der Waals surface area contributed by atoms with Crippen LogP contribution in [0.4, 0.5) is 4.39 Å². The summed E-state index contributed by atoms with van der Waals surface area (Å²) in [6.45, 7) is 5.81. The fourth-order valence-electron chi connectivity index (χ4n) is 1.91. The van der Waals surface area contributed by atoms with Crippen LogP contribution >= 0.6 is 11.6 Å². The topological polar surface area (TPSA) is 26.3 Å². The van der Waals surface area contributed by atoms with E-state index in [1.54, 1.807) is 0 Å². The van der Waals surface area contributed by atoms with Crippen molar-refractivity contribution in [1.82, 2.24) is 0 Å². The Kier molecular flexibility index (Phi) is 4.88. The number of ether oxygens (including phenoxy) is 1. The fraction of sp³-hybridized carbons (Fsp3) is 0.500. The first-order valence-corrected chi connectivity index (χ1v) is 6.13. The molecule has 2 nitrogen and oxygen atoms in total. The van der Waals surface area contributed by atoms with E-state index in [2.05, 4.69) is 0 Å². The van der Waals surface area contributed by atoms with E-state index in [1.807, 2.05) is 20.8 Å². The molecule has 18 heavy (non-hydrogen) atoms. The normalized spacial score (nSPS) is 13.4. The highest BCUT2D eigenvalue weighted by Crippen LogP contribution is 2.25. The van der Waals surface area contributed by atoms with Crippen LogP contribution in [0.25, 0.3) is 0 Å². The summed E-state index contributed by atoms with van der Waals surface area (Å²) in [6, 6.07) is 4.04. The van der Waals surface area contributed by atoms with Gasteiger partial charge in [0, 0.05) is 18.6 Å². The number of carbonyl (C=O) groups is 1. The Morgan fingerprint density at radius 3 is 2.50 bits per heavy atom. The molecule has 1 rings (SSSR count). The molecule has 0 spiro atoms. The van der Waals surface area contributed by atoms with Crippen molar-refractivity contribution >= 4 is 17.4 Å². The fourth-order valence-corrected chi connectivity index (χ4v) is 2.15. The third kappa shape index (κ3) is 3.79. The van der Waals surface area contributed by atoms with Gasteiger partial charge in [0.15, 0.2) is 5.78 Å². The quantitative estimate of drug-likeness (QED) is 0.836. The predicted octanol–water partition coefficient (Wildman–Crippen LogP) is 3.65. The minimum Gasteiger partial charge on any atom is -0.373 e. The first-order chi connectivity index (χ1) is 8.25. The monoisotopic (exact) mass is 272 g/mol. The number of Topliss-reactive ketones (excluding diaryl/α,β-unsaturated/α-hetero) is 1. The minimum atomic E-state index is -0.501. The number of hydrogen-bond acceptors (Lipinski definition) is 2. The number of benzene rings is 1. The summed E-state index contributed by atoms with van der Waals surface area (Å²) in [5.74, 6) is -0.464. The summed E-state index contributed by atoms with van der Waals surface area (Å²) in [5, 5.41) is 0.270. The van der Waals surface area contributed by atoms with Crippen LogP contribution in [0.3, 0.4) is 0 Å². The first kappa shape index (κ1) is 15.1. The van der Waals surface area contributed by atoms with E-state index in [4.69, 9.17) is 16.3 Å². The van der Waals surface area contributed by atoms with Gasteiger partial charge in [-0.25, -0.2) is 4.39 Å². The summed E-state index contributed by atoms with van der Waals surface area (Å²) in [4.78, 5) is 12.2. The Morgan fingerprint density at radius 2 is 2.06 bits per heavy atom. The number of carbonyl (C=O) groups excluding carboxylic acids is 1. The van der Waals surface area contributed by atoms with Crippen molar-refractivity contribution < 1.29 is 13.9 Å². The average Bonchev–Trinajstić information content (AvgIpc) is 2.21. The minimum absolute atomic E-state index is 0.0569. The van der Waals surface area contributed by atoms with Crippen LogP contribution in [0, 0.1) is 11.2 Å². The van der Waals surface area contributed by atoms with E-state index in [1.165, 1.54) is 25.3 Å². The zero-order chi connectivity index (χ0) is 13.9. The lowest BCUT2D eigenvalue weighted by Gasteiger charge is -2.28. The summed E-state index contributed by atoms with van der Waals surface area (Å²) < 4.78 is 18.2. The molecule has 0 saturated heterocycles. The van der Waals surface area contributed by atoms with Crippen molar-refractivity contribution in [3.63, 3.8) is 0 Å². The van der Waals surface area contributed by atoms with Gasteiger partial charge in [-0.1, -0.05) is 38.4 Å². The average molecular weight is 273 g/mol. The Hall–Kier alpha value is -0.930. The molecule has 0 fully saturated rings. The molecule has 1 atom stereocenters. The second kappa shape index (κ2) is 5.81. The molecular weight excluding hydrogens is 255 g/mol. The molecule has 0 amide bonds. The molecule has 0 aliphatic carbocycles. The molecule has 0 aliphatic rings. The van der Waals surface area contributed by atoms with Crippen LogP contribution in [-0.4, -0.2) is 19.0 Å². The second-order valence-electron chi connectivity index (χ2n) is 5.36. The SMILES string of the molecule is COC(C(=O)Cc1ccc(F)cc1Cl)C(C)(C)C. The molecule has 0 radical (unpaired) electrons. The molecule has 100 valence electrons. The maximum absolute atomic E-state index is 12.9. The number of rotatable bonds is 4. The summed E-state index contributed by atoms with van der Waals surface area (Å²) in [5.41, 5.74) is 0.340. The van der Waals surface area contributed by atoms with Gasteiger partial charge in [-0.3, -0.25) is 4.79 Å². The van der Waals surface area contributed by atoms with Gasteiger partial charge in [0.1, 0.15) is 11.9 Å². The molecule has 1 aromatic carbocycles. The molecule has 1 unspecified atom stereocenters. The molecule has 0 bridgehead atoms.